The van der Waals surface area contributed by atoms with Crippen molar-refractivity contribution in [3.63, 3.8) is 0 Å². The Hall–Kier alpha value is -2.60. The smallest absolute Gasteiger partial charge is 0.160 e. The van der Waals surface area contributed by atoms with Crippen LogP contribution in [-0.4, -0.2) is 33.6 Å². The summed E-state index contributed by atoms with van der Waals surface area (Å²) in [6.07, 6.45) is -1.38. The summed E-state index contributed by atoms with van der Waals surface area (Å²) in [5.41, 5.74) is 1.07. The van der Waals surface area contributed by atoms with Crippen molar-refractivity contribution in [3.05, 3.63) is 41.5 Å². The number of aliphatic hydroxyl groups is 1. The maximum Gasteiger partial charge on any atom is 0.160 e. The highest BCUT2D eigenvalue weighted by Crippen LogP contribution is 2.42. The van der Waals surface area contributed by atoms with Gasteiger partial charge in [-0.15, -0.1) is 0 Å². The molecule has 3 rings (SSSR count). The molecule has 0 unspecified atom stereocenters. The summed E-state index contributed by atoms with van der Waals surface area (Å²) in [5.74, 6) is 0.357. The van der Waals surface area contributed by atoms with Crippen molar-refractivity contribution in [3.8, 4) is 28.7 Å². The Bertz CT molecular complexity index is 713. The minimum Gasteiger partial charge on any atom is -0.508 e. The second-order valence-corrected chi connectivity index (χ2v) is 5.18. The average Bonchev–Trinajstić information content (AvgIpc) is 2.57. The fourth-order valence-electron chi connectivity index (χ4n) is 2.62. The Morgan fingerprint density at radius 2 is 1.75 bits per heavy atom. The molecule has 0 spiro atoms. The molecule has 0 saturated carbocycles. The number of aromatic hydroxyl groups is 3. The van der Waals surface area contributed by atoms with E-state index in [0.717, 1.165) is 0 Å². The van der Waals surface area contributed by atoms with Crippen LogP contribution in [0.1, 0.15) is 31.1 Å². The van der Waals surface area contributed by atoms with Crippen molar-refractivity contribution in [1.29, 1.82) is 0 Å². The van der Waals surface area contributed by atoms with Crippen LogP contribution >= 0.6 is 0 Å². The minimum atomic E-state index is -0.878. The first kappa shape index (κ1) is 17.7. The molecule has 2 atom stereocenters. The van der Waals surface area contributed by atoms with Crippen LogP contribution in [0, 0.1) is 0 Å². The lowest BCUT2D eigenvalue weighted by Crippen LogP contribution is -2.30. The Balaban J connectivity index is 0.00000100. The molecule has 2 aromatic rings. The minimum absolute atomic E-state index is 0.00719. The summed E-state index contributed by atoms with van der Waals surface area (Å²) in [4.78, 5) is 0. The molecule has 6 heteroatoms. The Kier molecular flexibility index (Phi) is 5.41. The summed E-state index contributed by atoms with van der Waals surface area (Å²) in [7, 11) is 1.43. The predicted molar refractivity (Wildman–Crippen MR) is 88.9 cm³/mol. The van der Waals surface area contributed by atoms with Crippen molar-refractivity contribution in [2.45, 2.75) is 32.5 Å². The second-order valence-electron chi connectivity index (χ2n) is 5.18. The van der Waals surface area contributed by atoms with E-state index in [0.29, 0.717) is 16.9 Å². The number of fused-ring (bicyclic) bond motifs is 1. The van der Waals surface area contributed by atoms with Crippen molar-refractivity contribution in [2.24, 2.45) is 0 Å². The van der Waals surface area contributed by atoms with Gasteiger partial charge in [0.15, 0.2) is 11.5 Å². The van der Waals surface area contributed by atoms with Crippen LogP contribution in [0.3, 0.4) is 0 Å². The van der Waals surface area contributed by atoms with Gasteiger partial charge < -0.3 is 29.9 Å². The average molecular weight is 334 g/mol. The van der Waals surface area contributed by atoms with Crippen LogP contribution in [0.15, 0.2) is 30.3 Å². The maximum atomic E-state index is 10.3. The zero-order valence-corrected chi connectivity index (χ0v) is 13.9. The van der Waals surface area contributed by atoms with Gasteiger partial charge in [-0.1, -0.05) is 19.9 Å². The second kappa shape index (κ2) is 7.31. The zero-order valence-electron chi connectivity index (χ0n) is 13.9. The van der Waals surface area contributed by atoms with Gasteiger partial charge in [-0.2, -0.15) is 0 Å². The van der Waals surface area contributed by atoms with Crippen molar-refractivity contribution in [2.75, 3.05) is 7.11 Å². The molecule has 4 N–H and O–H groups in total. The lowest BCUT2D eigenvalue weighted by Gasteiger charge is -2.31. The van der Waals surface area contributed by atoms with E-state index in [1.165, 1.54) is 25.3 Å². The molecular formula is C18H22O6. The van der Waals surface area contributed by atoms with Crippen LogP contribution in [0.2, 0.25) is 0 Å². The molecule has 0 aromatic heterocycles. The van der Waals surface area contributed by atoms with Gasteiger partial charge in [0.25, 0.3) is 0 Å². The summed E-state index contributed by atoms with van der Waals surface area (Å²) < 4.78 is 10.8. The highest BCUT2D eigenvalue weighted by Gasteiger charge is 2.32. The number of hydrogen-bond donors (Lipinski definition) is 4. The van der Waals surface area contributed by atoms with Gasteiger partial charge in [-0.3, -0.25) is 0 Å². The summed E-state index contributed by atoms with van der Waals surface area (Å²) >= 11 is 0. The monoisotopic (exact) mass is 334 g/mol. The molecule has 0 radical (unpaired) electrons. The third kappa shape index (κ3) is 3.33. The van der Waals surface area contributed by atoms with Crippen LogP contribution < -0.4 is 9.47 Å². The van der Waals surface area contributed by atoms with E-state index in [1.54, 1.807) is 12.1 Å². The van der Waals surface area contributed by atoms with Crippen LogP contribution in [0.4, 0.5) is 0 Å². The highest BCUT2D eigenvalue weighted by molar-refractivity contribution is 5.52. The van der Waals surface area contributed by atoms with Crippen LogP contribution in [0.25, 0.3) is 0 Å². The third-order valence-corrected chi connectivity index (χ3v) is 3.72. The molecule has 24 heavy (non-hydrogen) atoms. The van der Waals surface area contributed by atoms with Gasteiger partial charge in [0.1, 0.15) is 23.4 Å². The van der Waals surface area contributed by atoms with Gasteiger partial charge in [-0.05, 0) is 17.7 Å². The number of hydrogen-bond acceptors (Lipinski definition) is 6. The SMILES string of the molecule is CC.COc1cc([C@H]2Oc3cc(O)cc(O)c3C[C@H]2O)ccc1O. The molecule has 0 saturated heterocycles. The molecule has 2 aromatic carbocycles. The van der Waals surface area contributed by atoms with Gasteiger partial charge in [-0.25, -0.2) is 0 Å². The summed E-state index contributed by atoms with van der Waals surface area (Å²) in [6, 6.07) is 7.26. The fraction of sp³-hybridized carbons (Fsp3) is 0.333. The van der Waals surface area contributed by atoms with Crippen molar-refractivity contribution in [1.82, 2.24) is 0 Å². The quantitative estimate of drug-likeness (QED) is 0.674. The fourth-order valence-corrected chi connectivity index (χ4v) is 2.62. The number of phenolic OH excluding ortho intramolecular Hbond substituents is 3. The molecular weight excluding hydrogens is 312 g/mol. The zero-order chi connectivity index (χ0) is 17.9. The normalized spacial score (nSPS) is 18.7. The first-order chi connectivity index (χ1) is 11.5. The number of ether oxygens (including phenoxy) is 2. The van der Waals surface area contributed by atoms with E-state index in [2.05, 4.69) is 0 Å². The topological polar surface area (TPSA) is 99.4 Å². The van der Waals surface area contributed by atoms with Gasteiger partial charge in [0.05, 0.1) is 13.2 Å². The van der Waals surface area contributed by atoms with Crippen molar-refractivity contribution >= 4 is 0 Å². The highest BCUT2D eigenvalue weighted by atomic mass is 16.5. The molecule has 130 valence electrons. The van der Waals surface area contributed by atoms with Gasteiger partial charge in [0.2, 0.25) is 0 Å². The number of methoxy groups -OCH3 is 1. The standard InChI is InChI=1S/C16H16O6.C2H6/c1-21-15-4-8(2-3-11(15)18)16-13(20)7-10-12(19)5-9(17)6-14(10)22-16;1-2/h2-6,13,16-20H,7H2,1H3;1-2H3/t13-,16-;/m1./s1. The van der Waals surface area contributed by atoms with Crippen LogP contribution in [-0.2, 0) is 6.42 Å². The number of benzene rings is 2. The van der Waals surface area contributed by atoms with Crippen molar-refractivity contribution < 1.29 is 29.9 Å². The molecule has 0 aliphatic carbocycles. The van der Waals surface area contributed by atoms with Gasteiger partial charge >= 0.3 is 0 Å². The Morgan fingerprint density at radius 3 is 2.42 bits per heavy atom. The molecule has 6 nitrogen and oxygen atoms in total. The summed E-state index contributed by atoms with van der Waals surface area (Å²) in [5, 5.41) is 39.3. The van der Waals surface area contributed by atoms with E-state index in [1.807, 2.05) is 13.8 Å². The van der Waals surface area contributed by atoms with E-state index < -0.39 is 12.2 Å². The maximum absolute atomic E-state index is 10.3. The molecule has 1 heterocycles. The largest absolute Gasteiger partial charge is 0.508 e. The Morgan fingerprint density at radius 1 is 1.04 bits per heavy atom. The molecule has 0 amide bonds. The first-order valence-electron chi connectivity index (χ1n) is 7.76. The number of phenols is 3. The van der Waals surface area contributed by atoms with E-state index in [-0.39, 0.29) is 29.4 Å². The Labute approximate surface area is 140 Å². The number of rotatable bonds is 2. The first-order valence-corrected chi connectivity index (χ1v) is 7.76. The van der Waals surface area contributed by atoms with E-state index in [9.17, 15) is 20.4 Å². The number of aliphatic hydroxyl groups excluding tert-OH is 1. The predicted octanol–water partition coefficient (Wildman–Crippen LogP) is 2.88. The molecule has 1 aliphatic rings. The van der Waals surface area contributed by atoms with E-state index in [4.69, 9.17) is 9.47 Å². The third-order valence-electron chi connectivity index (χ3n) is 3.72. The molecule has 0 fully saturated rings. The van der Waals surface area contributed by atoms with Crippen LogP contribution in [0.5, 0.6) is 28.7 Å². The lowest BCUT2D eigenvalue weighted by atomic mass is 9.94. The molecule has 0 bridgehead atoms. The summed E-state index contributed by atoms with van der Waals surface area (Å²) in [6.45, 7) is 4.00. The van der Waals surface area contributed by atoms with E-state index >= 15 is 0 Å². The van der Waals surface area contributed by atoms with Gasteiger partial charge in [0, 0.05) is 24.1 Å². The molecule has 1 aliphatic heterocycles. The lowest BCUT2D eigenvalue weighted by molar-refractivity contribution is 0.0197.